The van der Waals surface area contributed by atoms with Gasteiger partial charge in [0.05, 0.1) is 17.7 Å². The lowest BCUT2D eigenvalue weighted by Gasteiger charge is -2.08. The van der Waals surface area contributed by atoms with Crippen LogP contribution in [0.25, 0.3) is 0 Å². The predicted octanol–water partition coefficient (Wildman–Crippen LogP) is 0.735. The Morgan fingerprint density at radius 2 is 2.39 bits per heavy atom. The van der Waals surface area contributed by atoms with E-state index in [0.29, 0.717) is 12.2 Å². The van der Waals surface area contributed by atoms with Gasteiger partial charge in [-0.25, -0.2) is 8.42 Å². The standard InChI is InChI=1S/C11H17N3O3S/c1-2-9-6-12-14-11(9)13-10(15)5-8-3-4-18(16,17)7-8/h6,8H,2-5,7H2,1H3,(H2,12,13,14,15). The first-order chi connectivity index (χ1) is 8.50. The van der Waals surface area contributed by atoms with Crippen molar-refractivity contribution in [2.75, 3.05) is 16.8 Å². The first kappa shape index (κ1) is 13.1. The van der Waals surface area contributed by atoms with Crippen LogP contribution in [-0.2, 0) is 21.1 Å². The number of rotatable bonds is 4. The molecule has 0 spiro atoms. The van der Waals surface area contributed by atoms with Gasteiger partial charge in [0.15, 0.2) is 9.84 Å². The molecular formula is C11H17N3O3S. The normalized spacial score (nSPS) is 21.9. The van der Waals surface area contributed by atoms with Gasteiger partial charge in [-0.05, 0) is 18.8 Å². The van der Waals surface area contributed by atoms with Crippen LogP contribution in [0.5, 0.6) is 0 Å². The highest BCUT2D eigenvalue weighted by atomic mass is 32.2. The molecule has 1 amide bonds. The minimum Gasteiger partial charge on any atom is -0.311 e. The Labute approximate surface area is 106 Å². The van der Waals surface area contributed by atoms with Crippen molar-refractivity contribution in [3.05, 3.63) is 11.8 Å². The Balaban J connectivity index is 1.90. The Hall–Kier alpha value is -1.37. The summed E-state index contributed by atoms with van der Waals surface area (Å²) in [7, 11) is -2.92. The summed E-state index contributed by atoms with van der Waals surface area (Å²) in [5.41, 5.74) is 0.947. The highest BCUT2D eigenvalue weighted by Crippen LogP contribution is 2.22. The number of aromatic nitrogens is 2. The summed E-state index contributed by atoms with van der Waals surface area (Å²) >= 11 is 0. The number of H-pyrrole nitrogens is 1. The topological polar surface area (TPSA) is 91.9 Å². The number of hydrogen-bond acceptors (Lipinski definition) is 4. The second-order valence-corrected chi connectivity index (χ2v) is 6.87. The van der Waals surface area contributed by atoms with Gasteiger partial charge in [-0.15, -0.1) is 0 Å². The molecule has 1 fully saturated rings. The molecule has 6 nitrogen and oxygen atoms in total. The number of sulfone groups is 1. The van der Waals surface area contributed by atoms with E-state index < -0.39 is 9.84 Å². The molecule has 0 bridgehead atoms. The molecule has 2 heterocycles. The van der Waals surface area contributed by atoms with Crippen LogP contribution in [0, 0.1) is 5.92 Å². The molecule has 1 aliphatic heterocycles. The van der Waals surface area contributed by atoms with E-state index in [2.05, 4.69) is 15.5 Å². The van der Waals surface area contributed by atoms with Crippen molar-refractivity contribution in [3.63, 3.8) is 0 Å². The molecule has 100 valence electrons. The lowest BCUT2D eigenvalue weighted by atomic mass is 10.1. The summed E-state index contributed by atoms with van der Waals surface area (Å²) in [5, 5.41) is 9.34. The summed E-state index contributed by atoms with van der Waals surface area (Å²) < 4.78 is 22.6. The number of anilines is 1. The van der Waals surface area contributed by atoms with Crippen LogP contribution < -0.4 is 5.32 Å². The third-order valence-electron chi connectivity index (χ3n) is 3.16. The van der Waals surface area contributed by atoms with Crippen LogP contribution in [0.2, 0.25) is 0 Å². The van der Waals surface area contributed by atoms with Gasteiger partial charge < -0.3 is 5.32 Å². The molecule has 0 aliphatic carbocycles. The summed E-state index contributed by atoms with van der Waals surface area (Å²) in [4.78, 5) is 11.8. The number of aromatic amines is 1. The van der Waals surface area contributed by atoms with Crippen molar-refractivity contribution in [2.24, 2.45) is 5.92 Å². The van der Waals surface area contributed by atoms with Crippen molar-refractivity contribution >= 4 is 21.6 Å². The van der Waals surface area contributed by atoms with Crippen LogP contribution in [-0.4, -0.2) is 36.0 Å². The maximum atomic E-state index is 11.8. The number of nitrogens with zero attached hydrogens (tertiary/aromatic N) is 1. The fourth-order valence-corrected chi connectivity index (χ4v) is 4.03. The smallest absolute Gasteiger partial charge is 0.225 e. The maximum absolute atomic E-state index is 11.8. The zero-order valence-corrected chi connectivity index (χ0v) is 11.1. The van der Waals surface area contributed by atoms with Gasteiger partial charge in [0, 0.05) is 12.0 Å². The van der Waals surface area contributed by atoms with Gasteiger partial charge in [-0.2, -0.15) is 5.10 Å². The van der Waals surface area contributed by atoms with Crippen molar-refractivity contribution in [1.82, 2.24) is 10.2 Å². The first-order valence-electron chi connectivity index (χ1n) is 6.02. The number of amides is 1. The van der Waals surface area contributed by atoms with E-state index in [1.54, 1.807) is 6.20 Å². The van der Waals surface area contributed by atoms with Gasteiger partial charge in [0.2, 0.25) is 5.91 Å². The van der Waals surface area contributed by atoms with E-state index >= 15 is 0 Å². The van der Waals surface area contributed by atoms with Gasteiger partial charge >= 0.3 is 0 Å². The first-order valence-corrected chi connectivity index (χ1v) is 7.85. The third kappa shape index (κ3) is 3.10. The molecule has 0 saturated carbocycles. The molecule has 0 radical (unpaired) electrons. The van der Waals surface area contributed by atoms with Gasteiger partial charge in [0.1, 0.15) is 5.82 Å². The summed E-state index contributed by atoms with van der Waals surface area (Å²) in [6.45, 7) is 1.98. The van der Waals surface area contributed by atoms with Gasteiger partial charge in [-0.1, -0.05) is 6.92 Å². The summed E-state index contributed by atoms with van der Waals surface area (Å²) in [6, 6.07) is 0. The van der Waals surface area contributed by atoms with Crippen molar-refractivity contribution < 1.29 is 13.2 Å². The van der Waals surface area contributed by atoms with Gasteiger partial charge in [0.25, 0.3) is 0 Å². The Morgan fingerprint density at radius 1 is 1.61 bits per heavy atom. The molecular weight excluding hydrogens is 254 g/mol. The van der Waals surface area contributed by atoms with Crippen LogP contribution in [0.15, 0.2) is 6.20 Å². The monoisotopic (exact) mass is 271 g/mol. The van der Waals surface area contributed by atoms with Crippen molar-refractivity contribution in [3.8, 4) is 0 Å². The third-order valence-corrected chi connectivity index (χ3v) is 5.00. The molecule has 7 heteroatoms. The predicted molar refractivity (Wildman–Crippen MR) is 68.0 cm³/mol. The maximum Gasteiger partial charge on any atom is 0.225 e. The van der Waals surface area contributed by atoms with E-state index in [-0.39, 0.29) is 29.8 Å². The summed E-state index contributed by atoms with van der Waals surface area (Å²) in [6.07, 6.45) is 3.29. The van der Waals surface area contributed by atoms with E-state index in [1.165, 1.54) is 0 Å². The van der Waals surface area contributed by atoms with Crippen LogP contribution in [0.3, 0.4) is 0 Å². The lowest BCUT2D eigenvalue weighted by molar-refractivity contribution is -0.116. The number of nitrogens with one attached hydrogen (secondary N) is 2. The number of hydrogen-bond donors (Lipinski definition) is 2. The summed E-state index contributed by atoms with van der Waals surface area (Å²) in [5.74, 6) is 0.738. The molecule has 1 aliphatic rings. The molecule has 1 aromatic rings. The van der Waals surface area contributed by atoms with Crippen LogP contribution in [0.1, 0.15) is 25.3 Å². The minimum absolute atomic E-state index is 0.0528. The molecule has 1 saturated heterocycles. The zero-order chi connectivity index (χ0) is 13.2. The number of carbonyl (C=O) groups is 1. The second kappa shape index (κ2) is 5.09. The Bertz CT molecular complexity index is 535. The molecule has 18 heavy (non-hydrogen) atoms. The number of carbonyl (C=O) groups excluding carboxylic acids is 1. The van der Waals surface area contributed by atoms with Gasteiger partial charge in [-0.3, -0.25) is 9.89 Å². The highest BCUT2D eigenvalue weighted by molar-refractivity contribution is 7.91. The SMILES string of the molecule is CCc1cn[nH]c1NC(=O)CC1CCS(=O)(=O)C1. The quantitative estimate of drug-likeness (QED) is 0.844. The van der Waals surface area contributed by atoms with E-state index in [9.17, 15) is 13.2 Å². The fraction of sp³-hybridized carbons (Fsp3) is 0.636. The Kier molecular flexibility index (Phi) is 3.70. The molecule has 1 atom stereocenters. The zero-order valence-electron chi connectivity index (χ0n) is 10.3. The molecule has 0 aromatic carbocycles. The molecule has 2 N–H and O–H groups in total. The average molecular weight is 271 g/mol. The Morgan fingerprint density at radius 3 is 3.00 bits per heavy atom. The molecule has 1 aromatic heterocycles. The number of aryl methyl sites for hydroxylation is 1. The molecule has 2 rings (SSSR count). The lowest BCUT2D eigenvalue weighted by Crippen LogP contribution is -2.18. The van der Waals surface area contributed by atoms with Crippen LogP contribution in [0.4, 0.5) is 5.82 Å². The largest absolute Gasteiger partial charge is 0.311 e. The van der Waals surface area contributed by atoms with Crippen molar-refractivity contribution in [2.45, 2.75) is 26.2 Å². The van der Waals surface area contributed by atoms with E-state index in [0.717, 1.165) is 12.0 Å². The minimum atomic E-state index is -2.92. The highest BCUT2D eigenvalue weighted by Gasteiger charge is 2.29. The van der Waals surface area contributed by atoms with E-state index in [4.69, 9.17) is 0 Å². The van der Waals surface area contributed by atoms with E-state index in [1.807, 2.05) is 6.92 Å². The second-order valence-electron chi connectivity index (χ2n) is 4.65. The average Bonchev–Trinajstić information content (AvgIpc) is 2.85. The fourth-order valence-electron chi connectivity index (χ4n) is 2.17. The molecule has 1 unspecified atom stereocenters. The van der Waals surface area contributed by atoms with Crippen LogP contribution >= 0.6 is 0 Å². The van der Waals surface area contributed by atoms with Crippen molar-refractivity contribution in [1.29, 1.82) is 0 Å².